The van der Waals surface area contributed by atoms with Gasteiger partial charge < -0.3 is 5.32 Å². The number of aryl methyl sites for hydroxylation is 1. The summed E-state index contributed by atoms with van der Waals surface area (Å²) in [6.07, 6.45) is 0. The number of hydrogen-bond donors (Lipinski definition) is 2. The predicted octanol–water partition coefficient (Wildman–Crippen LogP) is 2.99. The van der Waals surface area contributed by atoms with E-state index < -0.39 is 0 Å². The molecule has 0 saturated carbocycles. The highest BCUT2D eigenvalue weighted by Crippen LogP contribution is 2.25. The fraction of sp³-hybridized carbons (Fsp3) is 0.286. The van der Waals surface area contributed by atoms with Crippen molar-refractivity contribution in [1.29, 1.82) is 5.26 Å². The molecule has 3 rings (SSSR count). The van der Waals surface area contributed by atoms with E-state index in [0.717, 1.165) is 5.69 Å². The third-order valence-electron chi connectivity index (χ3n) is 4.58. The van der Waals surface area contributed by atoms with Crippen molar-refractivity contribution in [2.75, 3.05) is 5.32 Å². The van der Waals surface area contributed by atoms with Gasteiger partial charge in [-0.3, -0.25) is 14.6 Å². The first-order valence-electron chi connectivity index (χ1n) is 9.10. The molecule has 2 N–H and O–H groups in total. The zero-order valence-electron chi connectivity index (χ0n) is 17.0. The van der Waals surface area contributed by atoms with Gasteiger partial charge in [0, 0.05) is 28.3 Å². The van der Waals surface area contributed by atoms with Crippen molar-refractivity contribution in [3.8, 4) is 12.0 Å². The third kappa shape index (κ3) is 4.09. The summed E-state index contributed by atoms with van der Waals surface area (Å²) in [5.41, 5.74) is 2.17. The standard InChI is InChI=1S/C21H22N6O2/c1-12-13(2)23-20(25-18(12)28)27-17(10-16(26-27)21(3,4)5)24-19(29)15-8-6-14(11-22)7-9-15/h6-10H,1-5H3,(H,24,29)(H,23,25,28). The monoisotopic (exact) mass is 390 g/mol. The predicted molar refractivity (Wildman–Crippen MR) is 109 cm³/mol. The molecular formula is C21H22N6O2. The summed E-state index contributed by atoms with van der Waals surface area (Å²) in [5, 5.41) is 16.3. The highest BCUT2D eigenvalue weighted by Gasteiger charge is 2.23. The highest BCUT2D eigenvalue weighted by molar-refractivity contribution is 6.04. The smallest absolute Gasteiger partial charge is 0.256 e. The van der Waals surface area contributed by atoms with Crippen LogP contribution in [0.15, 0.2) is 35.1 Å². The van der Waals surface area contributed by atoms with E-state index in [-0.39, 0.29) is 22.8 Å². The maximum Gasteiger partial charge on any atom is 0.256 e. The van der Waals surface area contributed by atoms with Crippen molar-refractivity contribution in [3.63, 3.8) is 0 Å². The Morgan fingerprint density at radius 3 is 2.41 bits per heavy atom. The number of aromatic nitrogens is 4. The van der Waals surface area contributed by atoms with Crippen LogP contribution < -0.4 is 10.9 Å². The molecule has 0 aliphatic carbocycles. The molecule has 2 aromatic heterocycles. The van der Waals surface area contributed by atoms with E-state index in [2.05, 4.69) is 20.4 Å². The molecule has 0 bridgehead atoms. The average Bonchev–Trinajstić information content (AvgIpc) is 3.10. The molecule has 0 unspecified atom stereocenters. The summed E-state index contributed by atoms with van der Waals surface area (Å²) in [6, 6.07) is 10.1. The number of nitrogens with one attached hydrogen (secondary N) is 2. The van der Waals surface area contributed by atoms with Gasteiger partial charge in [0.25, 0.3) is 11.5 Å². The van der Waals surface area contributed by atoms with Crippen LogP contribution in [0.1, 0.15) is 53.6 Å². The van der Waals surface area contributed by atoms with E-state index in [1.807, 2.05) is 26.8 Å². The molecule has 29 heavy (non-hydrogen) atoms. The lowest BCUT2D eigenvalue weighted by molar-refractivity contribution is 0.102. The number of nitriles is 1. The maximum atomic E-state index is 12.7. The zero-order valence-corrected chi connectivity index (χ0v) is 17.0. The summed E-state index contributed by atoms with van der Waals surface area (Å²) in [7, 11) is 0. The molecule has 2 heterocycles. The molecule has 0 radical (unpaired) electrons. The number of amides is 1. The van der Waals surface area contributed by atoms with Crippen LogP contribution in [0.25, 0.3) is 5.95 Å². The van der Waals surface area contributed by atoms with Crippen LogP contribution in [-0.2, 0) is 5.41 Å². The summed E-state index contributed by atoms with van der Waals surface area (Å²) >= 11 is 0. The fourth-order valence-electron chi connectivity index (χ4n) is 2.61. The van der Waals surface area contributed by atoms with Crippen LogP contribution >= 0.6 is 0 Å². The molecule has 0 aliphatic heterocycles. The Bertz CT molecular complexity index is 1170. The second kappa shape index (κ2) is 7.36. The van der Waals surface area contributed by atoms with E-state index >= 15 is 0 Å². The third-order valence-corrected chi connectivity index (χ3v) is 4.58. The van der Waals surface area contributed by atoms with Gasteiger partial charge in [-0.15, -0.1) is 0 Å². The molecule has 0 spiro atoms. The van der Waals surface area contributed by atoms with Crippen molar-refractivity contribution in [1.82, 2.24) is 19.7 Å². The number of rotatable bonds is 3. The molecule has 0 fully saturated rings. The van der Waals surface area contributed by atoms with E-state index in [9.17, 15) is 9.59 Å². The van der Waals surface area contributed by atoms with Crippen molar-refractivity contribution >= 4 is 11.7 Å². The van der Waals surface area contributed by atoms with Crippen molar-refractivity contribution < 1.29 is 4.79 Å². The van der Waals surface area contributed by atoms with E-state index in [4.69, 9.17) is 5.26 Å². The van der Waals surface area contributed by atoms with Crippen LogP contribution in [-0.4, -0.2) is 25.7 Å². The molecule has 8 nitrogen and oxygen atoms in total. The second-order valence-electron chi connectivity index (χ2n) is 7.82. The van der Waals surface area contributed by atoms with E-state index in [1.165, 1.54) is 4.68 Å². The minimum absolute atomic E-state index is 0.226. The summed E-state index contributed by atoms with van der Waals surface area (Å²) < 4.78 is 1.43. The van der Waals surface area contributed by atoms with Crippen LogP contribution in [0.4, 0.5) is 5.82 Å². The van der Waals surface area contributed by atoms with E-state index in [0.29, 0.717) is 28.2 Å². The van der Waals surface area contributed by atoms with Gasteiger partial charge in [-0.25, -0.2) is 4.98 Å². The number of H-pyrrole nitrogens is 1. The lowest BCUT2D eigenvalue weighted by atomic mass is 9.92. The van der Waals surface area contributed by atoms with Gasteiger partial charge in [-0.2, -0.15) is 15.0 Å². The summed E-state index contributed by atoms with van der Waals surface area (Å²) in [5.74, 6) is 0.252. The first-order chi connectivity index (χ1) is 13.6. The lowest BCUT2D eigenvalue weighted by Gasteiger charge is -2.14. The quantitative estimate of drug-likeness (QED) is 0.713. The van der Waals surface area contributed by atoms with Crippen LogP contribution in [0, 0.1) is 25.2 Å². The molecule has 1 amide bonds. The highest BCUT2D eigenvalue weighted by atomic mass is 16.1. The first kappa shape index (κ1) is 20.0. The van der Waals surface area contributed by atoms with Crippen molar-refractivity contribution in [2.45, 2.75) is 40.0 Å². The topological polar surface area (TPSA) is 116 Å². The van der Waals surface area contributed by atoms with Gasteiger partial charge in [-0.1, -0.05) is 20.8 Å². The van der Waals surface area contributed by atoms with Gasteiger partial charge >= 0.3 is 0 Å². The maximum absolute atomic E-state index is 12.7. The molecule has 1 aromatic carbocycles. The van der Waals surface area contributed by atoms with Gasteiger partial charge in [0.1, 0.15) is 5.82 Å². The minimum Gasteiger partial charge on any atom is -0.306 e. The van der Waals surface area contributed by atoms with Gasteiger partial charge in [0.05, 0.1) is 17.3 Å². The van der Waals surface area contributed by atoms with Crippen molar-refractivity contribution in [2.24, 2.45) is 0 Å². The molecule has 0 aliphatic rings. The number of anilines is 1. The lowest BCUT2D eigenvalue weighted by Crippen LogP contribution is -2.21. The van der Waals surface area contributed by atoms with Crippen LogP contribution in [0.2, 0.25) is 0 Å². The SMILES string of the molecule is Cc1nc(-n2nc(C(C)(C)C)cc2NC(=O)c2ccc(C#N)cc2)[nH]c(=O)c1C. The number of carbonyl (C=O) groups excluding carboxylic acids is 1. The first-order valence-corrected chi connectivity index (χ1v) is 9.10. The fourth-order valence-corrected chi connectivity index (χ4v) is 2.61. The Labute approximate surface area is 168 Å². The molecule has 8 heteroatoms. The number of carbonyl (C=O) groups is 1. The van der Waals surface area contributed by atoms with E-state index in [1.54, 1.807) is 44.2 Å². The average molecular weight is 390 g/mol. The van der Waals surface area contributed by atoms with Gasteiger partial charge in [0.2, 0.25) is 5.95 Å². The van der Waals surface area contributed by atoms with Gasteiger partial charge in [-0.05, 0) is 38.1 Å². The number of aromatic amines is 1. The molecule has 0 saturated heterocycles. The second-order valence-corrected chi connectivity index (χ2v) is 7.82. The zero-order chi connectivity index (χ0) is 21.3. The number of benzene rings is 1. The molecular weight excluding hydrogens is 368 g/mol. The normalized spacial score (nSPS) is 11.2. The van der Waals surface area contributed by atoms with Crippen LogP contribution in [0.3, 0.4) is 0 Å². The minimum atomic E-state index is -0.359. The summed E-state index contributed by atoms with van der Waals surface area (Å²) in [6.45, 7) is 9.45. The van der Waals surface area contributed by atoms with Crippen molar-refractivity contribution in [3.05, 3.63) is 68.8 Å². The molecule has 3 aromatic rings. The Kier molecular flexibility index (Phi) is 5.08. The Hall–Kier alpha value is -3.73. The Morgan fingerprint density at radius 2 is 1.86 bits per heavy atom. The Balaban J connectivity index is 2.05. The Morgan fingerprint density at radius 1 is 1.21 bits per heavy atom. The number of nitrogens with zero attached hydrogens (tertiary/aromatic N) is 4. The number of hydrogen-bond acceptors (Lipinski definition) is 5. The van der Waals surface area contributed by atoms with Crippen LogP contribution in [0.5, 0.6) is 0 Å². The largest absolute Gasteiger partial charge is 0.306 e. The van der Waals surface area contributed by atoms with Gasteiger partial charge in [0.15, 0.2) is 0 Å². The summed E-state index contributed by atoms with van der Waals surface area (Å²) in [4.78, 5) is 32.1. The molecule has 148 valence electrons. The molecule has 0 atom stereocenters.